The summed E-state index contributed by atoms with van der Waals surface area (Å²) in [5.41, 5.74) is 7.48. The van der Waals surface area contributed by atoms with E-state index in [-0.39, 0.29) is 0 Å². The van der Waals surface area contributed by atoms with Crippen LogP contribution in [0, 0.1) is 0 Å². The van der Waals surface area contributed by atoms with Crippen molar-refractivity contribution in [2.24, 2.45) is 0 Å². The molecule has 0 atom stereocenters. The highest BCUT2D eigenvalue weighted by Gasteiger charge is 2.21. The molecular formula is C27H17ClN2. The molecule has 3 heteroatoms. The lowest BCUT2D eigenvalue weighted by atomic mass is 9.93. The summed E-state index contributed by atoms with van der Waals surface area (Å²) in [7, 11) is 0. The van der Waals surface area contributed by atoms with Gasteiger partial charge in [0.15, 0.2) is 0 Å². The number of hydrogen-bond acceptors (Lipinski definition) is 1. The Bertz CT molecular complexity index is 1530. The van der Waals surface area contributed by atoms with Crippen LogP contribution in [0.25, 0.3) is 49.8 Å². The molecular weight excluding hydrogens is 388 g/mol. The van der Waals surface area contributed by atoms with E-state index in [0.29, 0.717) is 0 Å². The number of nitrogens with zero attached hydrogens (tertiary/aromatic N) is 2. The van der Waals surface area contributed by atoms with Gasteiger partial charge in [-0.1, -0.05) is 96.5 Å². The number of aromatic nitrogens is 2. The van der Waals surface area contributed by atoms with E-state index < -0.39 is 0 Å². The molecule has 0 aliphatic carbocycles. The highest BCUT2D eigenvalue weighted by Crippen LogP contribution is 2.43. The molecule has 2 aromatic heterocycles. The highest BCUT2D eigenvalue weighted by molar-refractivity contribution is 6.37. The molecule has 0 bridgehead atoms. The van der Waals surface area contributed by atoms with E-state index in [1.807, 2.05) is 30.3 Å². The third kappa shape index (κ3) is 2.47. The van der Waals surface area contributed by atoms with E-state index in [0.717, 1.165) is 54.9 Å². The monoisotopic (exact) mass is 404 g/mol. The van der Waals surface area contributed by atoms with Gasteiger partial charge in [-0.3, -0.25) is 4.40 Å². The summed E-state index contributed by atoms with van der Waals surface area (Å²) in [5.74, 6) is 0. The maximum absolute atomic E-state index is 6.83. The molecule has 0 amide bonds. The molecule has 30 heavy (non-hydrogen) atoms. The van der Waals surface area contributed by atoms with E-state index in [1.165, 1.54) is 0 Å². The Kier molecular flexibility index (Phi) is 3.87. The fourth-order valence-electron chi connectivity index (χ4n) is 4.38. The zero-order valence-electron chi connectivity index (χ0n) is 16.1. The Morgan fingerprint density at radius 2 is 1.30 bits per heavy atom. The molecule has 2 heterocycles. The largest absolute Gasteiger partial charge is 0.291 e. The average molecular weight is 405 g/mol. The first kappa shape index (κ1) is 17.3. The topological polar surface area (TPSA) is 17.3 Å². The summed E-state index contributed by atoms with van der Waals surface area (Å²) in [4.78, 5) is 5.01. The van der Waals surface area contributed by atoms with Crippen LogP contribution in [0.1, 0.15) is 0 Å². The van der Waals surface area contributed by atoms with Crippen LogP contribution < -0.4 is 0 Å². The maximum Gasteiger partial charge on any atom is 0.146 e. The van der Waals surface area contributed by atoms with Crippen molar-refractivity contribution in [1.82, 2.24) is 9.38 Å². The molecule has 0 fully saturated rings. The lowest BCUT2D eigenvalue weighted by Crippen LogP contribution is -1.99. The van der Waals surface area contributed by atoms with Crippen LogP contribution in [0.5, 0.6) is 0 Å². The fraction of sp³-hybridized carbons (Fsp3) is 0. The van der Waals surface area contributed by atoms with Gasteiger partial charge in [0, 0.05) is 21.4 Å². The zero-order valence-corrected chi connectivity index (χ0v) is 16.8. The van der Waals surface area contributed by atoms with Crippen molar-refractivity contribution in [3.05, 3.63) is 108 Å². The van der Waals surface area contributed by atoms with E-state index >= 15 is 0 Å². The highest BCUT2D eigenvalue weighted by atomic mass is 35.5. The predicted molar refractivity (Wildman–Crippen MR) is 126 cm³/mol. The van der Waals surface area contributed by atoms with Crippen LogP contribution in [-0.2, 0) is 0 Å². The molecule has 0 spiro atoms. The van der Waals surface area contributed by atoms with Gasteiger partial charge >= 0.3 is 0 Å². The van der Waals surface area contributed by atoms with Crippen molar-refractivity contribution in [3.63, 3.8) is 0 Å². The van der Waals surface area contributed by atoms with Crippen LogP contribution in [0.15, 0.2) is 103 Å². The standard InChI is InChI=1S/C27H17ClN2/c28-21-15-9-14-20-25(21)24(18-10-3-1-4-11-18)26(19-12-5-2-6-13-19)30-23-17-8-7-16-22(23)29-27(20)30/h1-17H. The Morgan fingerprint density at radius 3 is 2.07 bits per heavy atom. The van der Waals surface area contributed by atoms with Crippen LogP contribution >= 0.6 is 11.6 Å². The second-order valence-electron chi connectivity index (χ2n) is 7.38. The molecule has 0 N–H and O–H groups in total. The van der Waals surface area contributed by atoms with Crippen molar-refractivity contribution in [2.45, 2.75) is 0 Å². The summed E-state index contributed by atoms with van der Waals surface area (Å²) in [6.07, 6.45) is 0. The lowest BCUT2D eigenvalue weighted by molar-refractivity contribution is 1.25. The van der Waals surface area contributed by atoms with Gasteiger partial charge < -0.3 is 0 Å². The number of hydrogen-bond donors (Lipinski definition) is 0. The van der Waals surface area contributed by atoms with Gasteiger partial charge in [-0.15, -0.1) is 0 Å². The average Bonchev–Trinajstić information content (AvgIpc) is 3.19. The number of pyridine rings is 1. The second-order valence-corrected chi connectivity index (χ2v) is 7.78. The molecule has 0 saturated heterocycles. The minimum atomic E-state index is 0.734. The third-order valence-corrected chi connectivity index (χ3v) is 5.95. The first-order valence-corrected chi connectivity index (χ1v) is 10.3. The summed E-state index contributed by atoms with van der Waals surface area (Å²) >= 11 is 6.83. The van der Waals surface area contributed by atoms with Gasteiger partial charge in [-0.05, 0) is 29.3 Å². The number of para-hydroxylation sites is 2. The molecule has 6 aromatic rings. The van der Waals surface area contributed by atoms with E-state index in [2.05, 4.69) is 77.2 Å². The quantitative estimate of drug-likeness (QED) is 0.290. The lowest BCUT2D eigenvalue weighted by Gasteiger charge is -2.18. The van der Waals surface area contributed by atoms with Crippen LogP contribution in [0.2, 0.25) is 5.02 Å². The Labute approximate surface area is 179 Å². The van der Waals surface area contributed by atoms with Crippen LogP contribution in [0.3, 0.4) is 0 Å². The summed E-state index contributed by atoms with van der Waals surface area (Å²) in [6.45, 7) is 0. The number of rotatable bonds is 2. The number of benzene rings is 4. The summed E-state index contributed by atoms with van der Waals surface area (Å²) < 4.78 is 2.28. The second kappa shape index (κ2) is 6.72. The van der Waals surface area contributed by atoms with Gasteiger partial charge in [-0.2, -0.15) is 0 Å². The van der Waals surface area contributed by atoms with Crippen molar-refractivity contribution in [2.75, 3.05) is 0 Å². The van der Waals surface area contributed by atoms with Crippen molar-refractivity contribution >= 4 is 39.1 Å². The fourth-order valence-corrected chi connectivity index (χ4v) is 4.65. The van der Waals surface area contributed by atoms with Crippen molar-refractivity contribution in [1.29, 1.82) is 0 Å². The van der Waals surface area contributed by atoms with Gasteiger partial charge in [-0.25, -0.2) is 4.98 Å². The molecule has 4 aromatic carbocycles. The van der Waals surface area contributed by atoms with Gasteiger partial charge in [0.1, 0.15) is 5.65 Å². The molecule has 0 aliphatic heterocycles. The van der Waals surface area contributed by atoms with Crippen molar-refractivity contribution in [3.8, 4) is 22.4 Å². The molecule has 6 rings (SSSR count). The summed E-state index contributed by atoms with van der Waals surface area (Å²) in [5, 5.41) is 2.82. The Morgan fingerprint density at radius 1 is 0.633 bits per heavy atom. The molecule has 0 aliphatic rings. The molecule has 0 radical (unpaired) electrons. The van der Waals surface area contributed by atoms with E-state index in [4.69, 9.17) is 16.6 Å². The minimum absolute atomic E-state index is 0.734. The van der Waals surface area contributed by atoms with Gasteiger partial charge in [0.25, 0.3) is 0 Å². The SMILES string of the molecule is Clc1cccc2c1c(-c1ccccc1)c(-c1ccccc1)n1c3ccccc3nc21. The van der Waals surface area contributed by atoms with E-state index in [1.54, 1.807) is 0 Å². The first-order valence-electron chi connectivity index (χ1n) is 9.95. The smallest absolute Gasteiger partial charge is 0.146 e. The number of halogens is 1. The van der Waals surface area contributed by atoms with Gasteiger partial charge in [0.05, 0.1) is 16.7 Å². The normalized spacial score (nSPS) is 11.5. The molecule has 142 valence electrons. The molecule has 2 nitrogen and oxygen atoms in total. The molecule has 0 unspecified atom stereocenters. The zero-order chi connectivity index (χ0) is 20.1. The predicted octanol–water partition coefficient (Wildman–Crippen LogP) is 7.63. The van der Waals surface area contributed by atoms with Gasteiger partial charge in [0.2, 0.25) is 0 Å². The molecule has 0 saturated carbocycles. The Balaban J connectivity index is 1.97. The van der Waals surface area contributed by atoms with Crippen LogP contribution in [-0.4, -0.2) is 9.38 Å². The maximum atomic E-state index is 6.83. The van der Waals surface area contributed by atoms with E-state index in [9.17, 15) is 0 Å². The number of imidazole rings is 1. The van der Waals surface area contributed by atoms with Crippen LogP contribution in [0.4, 0.5) is 0 Å². The Hall–Kier alpha value is -3.62. The number of fused-ring (bicyclic) bond motifs is 5. The third-order valence-electron chi connectivity index (χ3n) is 5.64. The minimum Gasteiger partial charge on any atom is -0.291 e. The van der Waals surface area contributed by atoms with Crippen molar-refractivity contribution < 1.29 is 0 Å². The summed E-state index contributed by atoms with van der Waals surface area (Å²) in [6, 6.07) is 35.4. The first-order chi connectivity index (χ1) is 14.8.